The maximum atomic E-state index is 12.5. The molecule has 1 aromatic rings. The van der Waals surface area contributed by atoms with Crippen LogP contribution in [0.25, 0.3) is 0 Å². The number of rotatable bonds is 5. The lowest BCUT2D eigenvalue weighted by Crippen LogP contribution is -2.44. The van der Waals surface area contributed by atoms with Gasteiger partial charge in [-0.15, -0.1) is 0 Å². The second-order valence-electron chi connectivity index (χ2n) is 8.62. The zero-order valence-corrected chi connectivity index (χ0v) is 19.2. The lowest BCUT2D eigenvalue weighted by Gasteiger charge is -2.36. The van der Waals surface area contributed by atoms with E-state index in [2.05, 4.69) is 46.6 Å². The van der Waals surface area contributed by atoms with E-state index >= 15 is 0 Å². The summed E-state index contributed by atoms with van der Waals surface area (Å²) in [6, 6.07) is 4.62. The molecule has 0 radical (unpaired) electrons. The van der Waals surface area contributed by atoms with E-state index in [1.54, 1.807) is 0 Å². The van der Waals surface area contributed by atoms with E-state index in [1.807, 2.05) is 13.0 Å². The van der Waals surface area contributed by atoms with Gasteiger partial charge in [-0.05, 0) is 51.4 Å². The molecule has 0 bridgehead atoms. The van der Waals surface area contributed by atoms with Gasteiger partial charge >= 0.3 is 5.97 Å². The summed E-state index contributed by atoms with van der Waals surface area (Å²) < 4.78 is 5.08. The van der Waals surface area contributed by atoms with Crippen molar-refractivity contribution in [2.45, 2.75) is 52.0 Å². The fourth-order valence-electron chi connectivity index (χ4n) is 4.67. The first-order chi connectivity index (χ1) is 14.5. The molecule has 2 fully saturated rings. The van der Waals surface area contributed by atoms with Gasteiger partial charge in [0.15, 0.2) is 0 Å². The number of carbonyl (C=O) groups is 1. The number of likely N-dealkylation sites (N-methyl/N-ethyl adjacent to an activating group) is 1. The quantitative estimate of drug-likeness (QED) is 0.547. The zero-order valence-electron chi connectivity index (χ0n) is 19.2. The third kappa shape index (κ3) is 5.56. The Morgan fingerprint density at radius 3 is 2.50 bits per heavy atom. The Morgan fingerprint density at radius 2 is 1.87 bits per heavy atom. The highest BCUT2D eigenvalue weighted by Crippen LogP contribution is 2.32. The van der Waals surface area contributed by atoms with Crippen LogP contribution in [0.1, 0.15) is 60.5 Å². The van der Waals surface area contributed by atoms with Crippen LogP contribution in [0.15, 0.2) is 12.1 Å². The molecule has 1 saturated carbocycles. The van der Waals surface area contributed by atoms with Gasteiger partial charge in [-0.2, -0.15) is 0 Å². The van der Waals surface area contributed by atoms with Gasteiger partial charge in [-0.25, -0.2) is 4.79 Å². The number of hydrogen-bond donors (Lipinski definition) is 0. The monoisotopic (exact) mass is 411 g/mol. The summed E-state index contributed by atoms with van der Waals surface area (Å²) in [5.74, 6) is 6.39. The van der Waals surface area contributed by atoms with E-state index in [1.165, 1.54) is 39.2 Å². The van der Waals surface area contributed by atoms with Crippen LogP contribution in [0, 0.1) is 18.8 Å². The van der Waals surface area contributed by atoms with Crippen molar-refractivity contribution in [3.8, 4) is 11.8 Å². The van der Waals surface area contributed by atoms with Crippen LogP contribution >= 0.6 is 0 Å². The molecule has 164 valence electrons. The van der Waals surface area contributed by atoms with Gasteiger partial charge in [-0.3, -0.25) is 4.90 Å². The molecule has 1 heterocycles. The number of benzene rings is 1. The molecular formula is C25H37N3O2. The number of ether oxygens (including phenoxy) is 1. The number of esters is 1. The van der Waals surface area contributed by atoms with Crippen molar-refractivity contribution in [2.24, 2.45) is 0 Å². The van der Waals surface area contributed by atoms with Crippen LogP contribution in [0.5, 0.6) is 0 Å². The Hall–Kier alpha value is -2.03. The lowest BCUT2D eigenvalue weighted by molar-refractivity contribution is 0.0600. The first-order valence-electron chi connectivity index (χ1n) is 11.4. The molecule has 0 unspecified atom stereocenters. The van der Waals surface area contributed by atoms with E-state index in [0.717, 1.165) is 56.1 Å². The molecule has 3 rings (SSSR count). The highest BCUT2D eigenvalue weighted by atomic mass is 16.5. The third-order valence-electron chi connectivity index (χ3n) is 6.58. The normalized spacial score (nSPS) is 18.5. The van der Waals surface area contributed by atoms with E-state index in [4.69, 9.17) is 4.74 Å². The fourth-order valence-corrected chi connectivity index (χ4v) is 4.67. The molecule has 0 atom stereocenters. The zero-order chi connectivity index (χ0) is 21.5. The van der Waals surface area contributed by atoms with Crippen LogP contribution in [0.4, 0.5) is 5.69 Å². The maximum Gasteiger partial charge on any atom is 0.338 e. The second-order valence-corrected chi connectivity index (χ2v) is 8.62. The molecule has 5 nitrogen and oxygen atoms in total. The minimum absolute atomic E-state index is 0.281. The lowest BCUT2D eigenvalue weighted by atomic mass is 9.92. The number of methoxy groups -OCH3 is 1. The van der Waals surface area contributed by atoms with Crippen LogP contribution in [-0.2, 0) is 4.74 Å². The van der Waals surface area contributed by atoms with Crippen LogP contribution < -0.4 is 4.90 Å². The third-order valence-corrected chi connectivity index (χ3v) is 6.58. The molecular weight excluding hydrogens is 374 g/mol. The second kappa shape index (κ2) is 10.8. The van der Waals surface area contributed by atoms with Gasteiger partial charge in [0.1, 0.15) is 0 Å². The minimum Gasteiger partial charge on any atom is -0.465 e. The van der Waals surface area contributed by atoms with Crippen LogP contribution in [0.2, 0.25) is 0 Å². The summed E-state index contributed by atoms with van der Waals surface area (Å²) in [7, 11) is 3.61. The van der Waals surface area contributed by atoms with Gasteiger partial charge in [0.2, 0.25) is 0 Å². The molecule has 1 aromatic carbocycles. The Labute approximate surface area is 182 Å². The minimum atomic E-state index is -0.281. The van der Waals surface area contributed by atoms with E-state index in [0.29, 0.717) is 11.6 Å². The summed E-state index contributed by atoms with van der Waals surface area (Å²) >= 11 is 0. The van der Waals surface area contributed by atoms with Gasteiger partial charge in [-0.1, -0.05) is 31.1 Å². The molecule has 30 heavy (non-hydrogen) atoms. The number of nitrogens with zero attached hydrogens (tertiary/aromatic N) is 3. The first-order valence-corrected chi connectivity index (χ1v) is 11.4. The molecule has 0 aromatic heterocycles. The summed E-state index contributed by atoms with van der Waals surface area (Å²) in [6.07, 6.45) is 6.35. The highest BCUT2D eigenvalue weighted by molar-refractivity contribution is 5.93. The molecule has 0 spiro atoms. The van der Waals surface area contributed by atoms with Gasteiger partial charge < -0.3 is 14.5 Å². The van der Waals surface area contributed by atoms with Crippen molar-refractivity contribution in [3.05, 3.63) is 28.8 Å². The Morgan fingerprint density at radius 1 is 1.17 bits per heavy atom. The average molecular weight is 412 g/mol. The summed E-state index contributed by atoms with van der Waals surface area (Å²) in [4.78, 5) is 19.7. The van der Waals surface area contributed by atoms with Crippen molar-refractivity contribution in [1.29, 1.82) is 0 Å². The van der Waals surface area contributed by atoms with E-state index in [9.17, 15) is 4.79 Å². The van der Waals surface area contributed by atoms with Crippen molar-refractivity contribution < 1.29 is 9.53 Å². The number of hydrogen-bond acceptors (Lipinski definition) is 5. The van der Waals surface area contributed by atoms with E-state index in [-0.39, 0.29) is 5.97 Å². The van der Waals surface area contributed by atoms with Crippen molar-refractivity contribution >= 4 is 11.7 Å². The van der Waals surface area contributed by atoms with Gasteiger partial charge in [0.25, 0.3) is 0 Å². The predicted molar refractivity (Wildman–Crippen MR) is 123 cm³/mol. The summed E-state index contributed by atoms with van der Waals surface area (Å²) in [5.41, 5.74) is 3.67. The van der Waals surface area contributed by atoms with E-state index < -0.39 is 0 Å². The molecule has 1 aliphatic carbocycles. The fraction of sp³-hybridized carbons (Fsp3) is 0.640. The topological polar surface area (TPSA) is 36.0 Å². The Balaban J connectivity index is 1.87. The average Bonchev–Trinajstić information content (AvgIpc) is 2.77. The SMILES string of the molecule is CCN(c1cc(C#CCN2CCN(C)CC2)cc(C(=O)OC)c1C)C1CCCCC1. The summed E-state index contributed by atoms with van der Waals surface area (Å²) in [5, 5.41) is 0. The Kier molecular flexibility index (Phi) is 8.18. The number of piperazine rings is 1. The van der Waals surface area contributed by atoms with Crippen LogP contribution in [0.3, 0.4) is 0 Å². The van der Waals surface area contributed by atoms with Crippen LogP contribution in [-0.4, -0.2) is 75.2 Å². The van der Waals surface area contributed by atoms with Gasteiger partial charge in [0.05, 0.1) is 19.2 Å². The maximum absolute atomic E-state index is 12.5. The number of carbonyl (C=O) groups excluding carboxylic acids is 1. The molecule has 5 heteroatoms. The molecule has 0 N–H and O–H groups in total. The summed E-state index contributed by atoms with van der Waals surface area (Å²) in [6.45, 7) is 10.2. The highest BCUT2D eigenvalue weighted by Gasteiger charge is 2.24. The molecule has 1 aliphatic heterocycles. The Bertz CT molecular complexity index is 782. The largest absolute Gasteiger partial charge is 0.465 e. The standard InChI is InChI=1S/C25H37N3O2/c1-5-28(22-11-7-6-8-12-22)24-19-21(18-23(20(24)2)25(29)30-4)10-9-13-27-16-14-26(3)15-17-27/h18-19,22H,5-8,11-17H2,1-4H3. The molecule has 1 saturated heterocycles. The van der Waals surface area contributed by atoms with Crippen molar-refractivity contribution in [3.63, 3.8) is 0 Å². The smallest absolute Gasteiger partial charge is 0.338 e. The van der Waals surface area contributed by atoms with Gasteiger partial charge in [0, 0.05) is 50.0 Å². The first kappa shape index (κ1) is 22.7. The van der Waals surface area contributed by atoms with Crippen molar-refractivity contribution in [2.75, 3.05) is 58.3 Å². The number of anilines is 1. The molecule has 2 aliphatic rings. The van der Waals surface area contributed by atoms with Crippen molar-refractivity contribution in [1.82, 2.24) is 9.80 Å². The predicted octanol–water partition coefficient (Wildman–Crippen LogP) is 3.54. The molecule has 0 amide bonds.